The highest BCUT2D eigenvalue weighted by atomic mass is 15.0. The minimum atomic E-state index is 0. The van der Waals surface area contributed by atoms with Gasteiger partial charge in [0, 0.05) is 25.8 Å². The molecule has 0 saturated carbocycles. The molecule has 1 aromatic rings. The Labute approximate surface area is 54.0 Å². The van der Waals surface area contributed by atoms with E-state index >= 15 is 0 Å². The Balaban J connectivity index is 0.000000500. The van der Waals surface area contributed by atoms with Gasteiger partial charge in [0.2, 0.25) is 0 Å². The molecule has 46 valence electrons. The van der Waals surface area contributed by atoms with Gasteiger partial charge >= 0.3 is 0 Å². The van der Waals surface area contributed by atoms with E-state index in [9.17, 15) is 0 Å². The van der Waals surface area contributed by atoms with E-state index in [1.807, 2.05) is 6.21 Å². The minimum absolute atomic E-state index is 0. The van der Waals surface area contributed by atoms with Crippen LogP contribution in [0.1, 0.15) is 6.99 Å². The predicted octanol–water partition coefficient (Wildman–Crippen LogP) is 0.981. The predicted molar refractivity (Wildman–Crippen MR) is 36.0 cm³/mol. The summed E-state index contributed by atoms with van der Waals surface area (Å²) in [5.74, 6) is 0.824. The van der Waals surface area contributed by atoms with Crippen LogP contribution in [0.15, 0.2) is 17.5 Å². The highest BCUT2D eigenvalue weighted by Gasteiger charge is 2.04. The molecule has 0 saturated heterocycles. The summed E-state index contributed by atoms with van der Waals surface area (Å²) < 4.78 is 0. The maximum atomic E-state index is 4.02. The molecule has 0 aliphatic carbocycles. The number of fused-ring (bicyclic) bond motifs is 1. The first-order valence-corrected chi connectivity index (χ1v) is 2.78. The molecule has 1 aliphatic heterocycles. The smallest absolute Gasteiger partial charge is 0.158 e. The summed E-state index contributed by atoms with van der Waals surface area (Å²) in [6, 6.07) is 0. The number of hydrogen-bond acceptors (Lipinski definition) is 3. The van der Waals surface area contributed by atoms with E-state index in [1.54, 1.807) is 6.20 Å². The van der Waals surface area contributed by atoms with Crippen LogP contribution < -0.4 is 0 Å². The molecule has 0 N–H and O–H groups in total. The van der Waals surface area contributed by atoms with Crippen molar-refractivity contribution in [2.24, 2.45) is 4.99 Å². The highest BCUT2D eigenvalue weighted by molar-refractivity contribution is 5.73. The number of aromatic nitrogens is 2. The standard InChI is InChI=1S/C6H5N3.H2/c1-2-8-6-5(1)3-7-4-9-6;/h2-4H,1H2;1H. The third-order valence-corrected chi connectivity index (χ3v) is 1.29. The van der Waals surface area contributed by atoms with Gasteiger partial charge in [-0.15, -0.1) is 0 Å². The van der Waals surface area contributed by atoms with Crippen LogP contribution >= 0.6 is 0 Å². The van der Waals surface area contributed by atoms with Gasteiger partial charge < -0.3 is 0 Å². The van der Waals surface area contributed by atoms with Gasteiger partial charge in [-0.3, -0.25) is 0 Å². The van der Waals surface area contributed by atoms with Gasteiger partial charge in [-0.1, -0.05) is 0 Å². The van der Waals surface area contributed by atoms with Crippen LogP contribution in [0.5, 0.6) is 0 Å². The molecule has 0 fully saturated rings. The number of aliphatic imine (C=N–C) groups is 1. The Bertz CT molecular complexity index is 259. The maximum absolute atomic E-state index is 4.02. The number of rotatable bonds is 0. The van der Waals surface area contributed by atoms with Crippen molar-refractivity contribution in [1.82, 2.24) is 9.97 Å². The van der Waals surface area contributed by atoms with Gasteiger partial charge in [0.05, 0.1) is 0 Å². The van der Waals surface area contributed by atoms with Crippen molar-refractivity contribution in [3.8, 4) is 0 Å². The molecule has 0 atom stereocenters. The van der Waals surface area contributed by atoms with E-state index in [4.69, 9.17) is 0 Å². The Kier molecular flexibility index (Phi) is 0.828. The van der Waals surface area contributed by atoms with Crippen LogP contribution in [0, 0.1) is 0 Å². The normalized spacial score (nSPS) is 13.8. The van der Waals surface area contributed by atoms with Gasteiger partial charge in [0.15, 0.2) is 5.82 Å². The van der Waals surface area contributed by atoms with Crippen LogP contribution in [-0.4, -0.2) is 16.2 Å². The zero-order chi connectivity index (χ0) is 6.10. The van der Waals surface area contributed by atoms with Crippen LogP contribution in [0.25, 0.3) is 0 Å². The van der Waals surface area contributed by atoms with E-state index in [1.165, 1.54) is 6.33 Å². The Morgan fingerprint density at radius 2 is 2.56 bits per heavy atom. The fourth-order valence-corrected chi connectivity index (χ4v) is 0.843. The van der Waals surface area contributed by atoms with Crippen molar-refractivity contribution in [3.63, 3.8) is 0 Å². The van der Waals surface area contributed by atoms with Crippen LogP contribution in [0.3, 0.4) is 0 Å². The minimum Gasteiger partial charge on any atom is -0.244 e. The van der Waals surface area contributed by atoms with E-state index in [0.29, 0.717) is 0 Å². The Morgan fingerprint density at radius 3 is 3.44 bits per heavy atom. The molecule has 0 aromatic carbocycles. The van der Waals surface area contributed by atoms with Gasteiger partial charge in [0.1, 0.15) is 6.33 Å². The second-order valence-electron chi connectivity index (χ2n) is 1.89. The van der Waals surface area contributed by atoms with E-state index in [-0.39, 0.29) is 1.43 Å². The van der Waals surface area contributed by atoms with Gasteiger partial charge in [-0.25, -0.2) is 15.0 Å². The fraction of sp³-hybridized carbons (Fsp3) is 0.167. The lowest BCUT2D eigenvalue weighted by Crippen LogP contribution is -1.82. The third-order valence-electron chi connectivity index (χ3n) is 1.29. The summed E-state index contributed by atoms with van der Waals surface area (Å²) >= 11 is 0. The highest BCUT2D eigenvalue weighted by Crippen LogP contribution is 2.17. The van der Waals surface area contributed by atoms with Gasteiger partial charge in [-0.05, 0) is 0 Å². The molecule has 1 aliphatic rings. The lowest BCUT2D eigenvalue weighted by molar-refractivity contribution is 1.12. The fourth-order valence-electron chi connectivity index (χ4n) is 0.843. The first kappa shape index (κ1) is 4.61. The second-order valence-corrected chi connectivity index (χ2v) is 1.89. The van der Waals surface area contributed by atoms with Crippen molar-refractivity contribution < 1.29 is 1.43 Å². The van der Waals surface area contributed by atoms with E-state index in [2.05, 4.69) is 15.0 Å². The third kappa shape index (κ3) is 0.614. The first-order valence-electron chi connectivity index (χ1n) is 2.78. The molecular weight excluding hydrogens is 114 g/mol. The topological polar surface area (TPSA) is 38.1 Å². The SMILES string of the molecule is C1=Nc2ncncc2C1.[HH]. The lowest BCUT2D eigenvalue weighted by atomic mass is 10.3. The molecule has 0 unspecified atom stereocenters. The maximum Gasteiger partial charge on any atom is 0.158 e. The summed E-state index contributed by atoms with van der Waals surface area (Å²) in [5.41, 5.74) is 1.12. The van der Waals surface area contributed by atoms with Crippen LogP contribution in [-0.2, 0) is 6.42 Å². The van der Waals surface area contributed by atoms with Crippen molar-refractivity contribution in [3.05, 3.63) is 18.1 Å². The average Bonchev–Trinajstić information content (AvgIpc) is 2.33. The quantitative estimate of drug-likeness (QED) is 0.513. The second kappa shape index (κ2) is 1.62. The molecule has 1 aromatic heterocycles. The van der Waals surface area contributed by atoms with E-state index in [0.717, 1.165) is 17.8 Å². The van der Waals surface area contributed by atoms with E-state index < -0.39 is 0 Å². The van der Waals surface area contributed by atoms with Crippen molar-refractivity contribution >= 4 is 12.0 Å². The zero-order valence-corrected chi connectivity index (χ0v) is 4.78. The summed E-state index contributed by atoms with van der Waals surface area (Å²) in [6.45, 7) is 0. The first-order chi connectivity index (χ1) is 4.47. The summed E-state index contributed by atoms with van der Waals surface area (Å²) in [4.78, 5) is 11.8. The van der Waals surface area contributed by atoms with Gasteiger partial charge in [0.25, 0.3) is 0 Å². The summed E-state index contributed by atoms with van der Waals surface area (Å²) in [5, 5.41) is 0. The Morgan fingerprint density at radius 1 is 1.56 bits per heavy atom. The molecule has 3 nitrogen and oxygen atoms in total. The molecular formula is C6H7N3. The largest absolute Gasteiger partial charge is 0.244 e. The summed E-state index contributed by atoms with van der Waals surface area (Å²) in [7, 11) is 0. The van der Waals surface area contributed by atoms with Crippen molar-refractivity contribution in [2.75, 3.05) is 0 Å². The molecule has 2 heterocycles. The molecule has 0 radical (unpaired) electrons. The Hall–Kier alpha value is -1.25. The van der Waals surface area contributed by atoms with Gasteiger partial charge in [-0.2, -0.15) is 0 Å². The average molecular weight is 121 g/mol. The molecule has 3 heteroatoms. The lowest BCUT2D eigenvalue weighted by Gasteiger charge is -1.89. The molecule has 0 spiro atoms. The number of hydrogen-bond donors (Lipinski definition) is 0. The zero-order valence-electron chi connectivity index (χ0n) is 4.78. The molecule has 9 heavy (non-hydrogen) atoms. The number of nitrogens with zero attached hydrogens (tertiary/aromatic N) is 3. The van der Waals surface area contributed by atoms with Crippen molar-refractivity contribution in [2.45, 2.75) is 6.42 Å². The summed E-state index contributed by atoms with van der Waals surface area (Å²) in [6.07, 6.45) is 6.05. The molecule has 0 amide bonds. The molecule has 2 rings (SSSR count). The van der Waals surface area contributed by atoms with Crippen LogP contribution in [0.4, 0.5) is 5.82 Å². The van der Waals surface area contributed by atoms with Crippen molar-refractivity contribution in [1.29, 1.82) is 0 Å². The monoisotopic (exact) mass is 121 g/mol. The van der Waals surface area contributed by atoms with Crippen LogP contribution in [0.2, 0.25) is 0 Å². The molecule has 0 bridgehead atoms.